The molecule has 0 radical (unpaired) electrons. The lowest BCUT2D eigenvalue weighted by molar-refractivity contribution is 0.171. The number of unbranched alkanes of at least 4 members (excludes halogenated alkanes) is 6. The highest BCUT2D eigenvalue weighted by atomic mass is 35.5. The number of nitrogens with zero attached hydrogens (tertiary/aromatic N) is 1. The van der Waals surface area contributed by atoms with Gasteiger partial charge in [0.25, 0.3) is 0 Å². The summed E-state index contributed by atoms with van der Waals surface area (Å²) in [5.41, 5.74) is 0. The Morgan fingerprint density at radius 2 is 1.12 bits per heavy atom. The Morgan fingerprint density at radius 3 is 1.53 bits per heavy atom. The van der Waals surface area contributed by atoms with Gasteiger partial charge in [-0.3, -0.25) is 4.90 Å². The van der Waals surface area contributed by atoms with Crippen LogP contribution in [-0.2, 0) is 0 Å². The third-order valence-electron chi connectivity index (χ3n) is 3.35. The van der Waals surface area contributed by atoms with Crippen LogP contribution in [0.5, 0.6) is 0 Å². The van der Waals surface area contributed by atoms with Gasteiger partial charge < -0.3 is 0 Å². The van der Waals surface area contributed by atoms with Crippen LogP contribution in [0.1, 0.15) is 79.6 Å². The van der Waals surface area contributed by atoms with E-state index in [0.717, 1.165) is 0 Å². The summed E-state index contributed by atoms with van der Waals surface area (Å²) in [6.45, 7) is 12.8. The molecule has 0 amide bonds. The Hall–Kier alpha value is 0.250. The molecule has 0 spiro atoms. The Bertz CT molecular complexity index is 138. The van der Waals surface area contributed by atoms with Crippen LogP contribution in [0.2, 0.25) is 0 Å². The van der Waals surface area contributed by atoms with Gasteiger partial charge in [0.2, 0.25) is 0 Å². The van der Waals surface area contributed by atoms with Crippen molar-refractivity contribution in [2.24, 2.45) is 0 Å². The van der Waals surface area contributed by atoms with Crippen LogP contribution in [0.3, 0.4) is 0 Å². The molecule has 2 heteroatoms. The molecule has 0 aromatic rings. The number of halogens is 1. The zero-order valence-electron chi connectivity index (χ0n) is 12.7. The fourth-order valence-electron chi connectivity index (χ4n) is 2.36. The van der Waals surface area contributed by atoms with Crippen molar-refractivity contribution >= 4 is 12.4 Å². The Balaban J connectivity index is 0. The molecule has 0 unspecified atom stereocenters. The molecule has 0 saturated carbocycles. The van der Waals surface area contributed by atoms with E-state index in [-0.39, 0.29) is 12.4 Å². The van der Waals surface area contributed by atoms with Gasteiger partial charge in [0.05, 0.1) is 0 Å². The second-order valence-electron chi connectivity index (χ2n) is 5.55. The molecule has 0 bridgehead atoms. The van der Waals surface area contributed by atoms with Crippen LogP contribution in [0.15, 0.2) is 0 Å². The van der Waals surface area contributed by atoms with Gasteiger partial charge in [0.1, 0.15) is 0 Å². The van der Waals surface area contributed by atoms with E-state index in [1.807, 2.05) is 0 Å². The first kappa shape index (κ1) is 19.6. The Kier molecular flexibility index (Phi) is 14.6. The van der Waals surface area contributed by atoms with Crippen molar-refractivity contribution in [2.45, 2.75) is 91.6 Å². The molecule has 0 N–H and O–H groups in total. The van der Waals surface area contributed by atoms with Gasteiger partial charge in [-0.25, -0.2) is 0 Å². The van der Waals surface area contributed by atoms with Gasteiger partial charge in [-0.1, -0.05) is 45.4 Å². The summed E-state index contributed by atoms with van der Waals surface area (Å²) < 4.78 is 0. The molecule has 0 rings (SSSR count). The molecule has 0 aliphatic heterocycles. The molecule has 106 valence electrons. The van der Waals surface area contributed by atoms with E-state index in [4.69, 9.17) is 0 Å². The summed E-state index contributed by atoms with van der Waals surface area (Å²) in [5, 5.41) is 0. The van der Waals surface area contributed by atoms with Gasteiger partial charge in [0.15, 0.2) is 0 Å². The lowest BCUT2D eigenvalue weighted by Crippen LogP contribution is -2.37. The van der Waals surface area contributed by atoms with Crippen LogP contribution in [0.4, 0.5) is 0 Å². The van der Waals surface area contributed by atoms with Crippen LogP contribution in [0.25, 0.3) is 0 Å². The summed E-state index contributed by atoms with van der Waals surface area (Å²) in [4.78, 5) is 2.60. The molecule has 0 saturated heterocycles. The molecule has 0 aliphatic rings. The average molecular weight is 264 g/mol. The van der Waals surface area contributed by atoms with E-state index in [9.17, 15) is 0 Å². The summed E-state index contributed by atoms with van der Waals surface area (Å²) in [5.74, 6) is 0. The monoisotopic (exact) mass is 263 g/mol. The predicted molar refractivity (Wildman–Crippen MR) is 82.2 cm³/mol. The van der Waals surface area contributed by atoms with Crippen LogP contribution >= 0.6 is 12.4 Å². The Labute approximate surface area is 116 Å². The van der Waals surface area contributed by atoms with Gasteiger partial charge in [-0.05, 0) is 40.7 Å². The van der Waals surface area contributed by atoms with E-state index in [0.29, 0.717) is 12.1 Å². The van der Waals surface area contributed by atoms with Crippen molar-refractivity contribution in [3.63, 3.8) is 0 Å². The highest BCUT2D eigenvalue weighted by Gasteiger charge is 2.11. The topological polar surface area (TPSA) is 3.24 Å². The van der Waals surface area contributed by atoms with E-state index in [2.05, 4.69) is 39.5 Å². The molecular formula is C15H34ClN. The summed E-state index contributed by atoms with van der Waals surface area (Å²) in [6, 6.07) is 1.39. The first-order chi connectivity index (χ1) is 7.59. The third-order valence-corrected chi connectivity index (χ3v) is 3.35. The van der Waals surface area contributed by atoms with E-state index in [1.165, 1.54) is 51.5 Å². The van der Waals surface area contributed by atoms with Crippen molar-refractivity contribution in [2.75, 3.05) is 6.54 Å². The van der Waals surface area contributed by atoms with Crippen molar-refractivity contribution in [1.29, 1.82) is 0 Å². The normalized spacial score (nSPS) is 11.3. The lowest BCUT2D eigenvalue weighted by Gasteiger charge is -2.30. The van der Waals surface area contributed by atoms with Crippen molar-refractivity contribution < 1.29 is 0 Å². The minimum Gasteiger partial charge on any atom is -0.299 e. The number of hydrogen-bond donors (Lipinski definition) is 0. The molecular weight excluding hydrogens is 230 g/mol. The summed E-state index contributed by atoms with van der Waals surface area (Å²) in [7, 11) is 0. The molecule has 1 nitrogen and oxygen atoms in total. The van der Waals surface area contributed by atoms with Crippen molar-refractivity contribution in [3.8, 4) is 0 Å². The Morgan fingerprint density at radius 1 is 0.706 bits per heavy atom. The standard InChI is InChI=1S/C15H33N.ClH/c1-6-7-8-9-10-11-12-13-16(14(2)3)15(4)5;/h14-15H,6-13H2,1-5H3;1H. The van der Waals surface area contributed by atoms with Gasteiger partial charge in [-0.15, -0.1) is 12.4 Å². The van der Waals surface area contributed by atoms with E-state index >= 15 is 0 Å². The van der Waals surface area contributed by atoms with Crippen LogP contribution in [-0.4, -0.2) is 23.5 Å². The fraction of sp³-hybridized carbons (Fsp3) is 1.00. The maximum absolute atomic E-state index is 2.60. The zero-order chi connectivity index (χ0) is 12.4. The van der Waals surface area contributed by atoms with Gasteiger partial charge in [0, 0.05) is 12.1 Å². The maximum atomic E-state index is 2.60. The third kappa shape index (κ3) is 11.1. The molecule has 0 aromatic heterocycles. The smallest absolute Gasteiger partial charge is 0.00412 e. The number of hydrogen-bond acceptors (Lipinski definition) is 1. The minimum absolute atomic E-state index is 0. The van der Waals surface area contributed by atoms with Gasteiger partial charge >= 0.3 is 0 Å². The SMILES string of the molecule is CCCCCCCCCN(C(C)C)C(C)C.Cl. The highest BCUT2D eigenvalue weighted by Crippen LogP contribution is 2.10. The molecule has 0 heterocycles. The van der Waals surface area contributed by atoms with E-state index < -0.39 is 0 Å². The molecule has 0 aliphatic carbocycles. The highest BCUT2D eigenvalue weighted by molar-refractivity contribution is 5.85. The number of rotatable bonds is 10. The molecule has 0 atom stereocenters. The predicted octanol–water partition coefficient (Wildman–Crippen LogP) is 5.28. The van der Waals surface area contributed by atoms with Crippen LogP contribution in [0, 0.1) is 0 Å². The summed E-state index contributed by atoms with van der Waals surface area (Å²) in [6.07, 6.45) is 9.89. The first-order valence-electron chi connectivity index (χ1n) is 7.35. The van der Waals surface area contributed by atoms with Crippen molar-refractivity contribution in [1.82, 2.24) is 4.90 Å². The second-order valence-corrected chi connectivity index (χ2v) is 5.55. The molecule has 0 fully saturated rings. The summed E-state index contributed by atoms with van der Waals surface area (Å²) >= 11 is 0. The van der Waals surface area contributed by atoms with Crippen molar-refractivity contribution in [3.05, 3.63) is 0 Å². The molecule has 0 aromatic carbocycles. The zero-order valence-corrected chi connectivity index (χ0v) is 13.5. The first-order valence-corrected chi connectivity index (χ1v) is 7.35. The van der Waals surface area contributed by atoms with Crippen LogP contribution < -0.4 is 0 Å². The average Bonchev–Trinajstić information content (AvgIpc) is 2.21. The minimum atomic E-state index is 0. The second kappa shape index (κ2) is 12.7. The quantitative estimate of drug-likeness (QED) is 0.485. The molecule has 17 heavy (non-hydrogen) atoms. The largest absolute Gasteiger partial charge is 0.299 e. The van der Waals surface area contributed by atoms with Gasteiger partial charge in [-0.2, -0.15) is 0 Å². The fourth-order valence-corrected chi connectivity index (χ4v) is 2.36. The maximum Gasteiger partial charge on any atom is 0.00412 e. The lowest BCUT2D eigenvalue weighted by atomic mass is 10.1. The van der Waals surface area contributed by atoms with E-state index in [1.54, 1.807) is 0 Å².